The van der Waals surface area contributed by atoms with E-state index < -0.39 is 5.97 Å². The van der Waals surface area contributed by atoms with Gasteiger partial charge in [0.25, 0.3) is 0 Å². The summed E-state index contributed by atoms with van der Waals surface area (Å²) in [4.78, 5) is 26.7. The summed E-state index contributed by atoms with van der Waals surface area (Å²) in [5.74, 6) is 1.48. The molecule has 0 atom stereocenters. The van der Waals surface area contributed by atoms with Crippen LogP contribution in [-0.4, -0.2) is 77.2 Å². The van der Waals surface area contributed by atoms with E-state index >= 15 is 0 Å². The maximum atomic E-state index is 12.1. The van der Waals surface area contributed by atoms with Gasteiger partial charge in [-0.3, -0.25) is 9.69 Å². The number of amides is 2. The Labute approximate surface area is 123 Å². The van der Waals surface area contributed by atoms with Crippen molar-refractivity contribution in [2.45, 2.75) is 25.3 Å². The molecule has 2 fully saturated rings. The number of aliphatic carboxylic acids is 1. The summed E-state index contributed by atoms with van der Waals surface area (Å²) in [6.45, 7) is 4.01. The van der Waals surface area contributed by atoms with Gasteiger partial charge in [-0.05, 0) is 12.8 Å². The topological polar surface area (TPSA) is 72.9 Å². The van der Waals surface area contributed by atoms with E-state index in [1.54, 1.807) is 4.90 Å². The molecule has 1 aliphatic heterocycles. The predicted octanol–water partition coefficient (Wildman–Crippen LogP) is 0.684. The summed E-state index contributed by atoms with van der Waals surface area (Å²) in [7, 11) is 0. The standard InChI is InChI=1S/C13H23N3O3S/c17-12(18)3-5-16(11-1-2-11)13(19)14-4-6-15-7-9-20-10-8-15/h11H,1-10H2,(H,14,19)(H,17,18). The van der Waals surface area contributed by atoms with Gasteiger partial charge in [-0.2, -0.15) is 11.8 Å². The van der Waals surface area contributed by atoms with E-state index in [1.165, 1.54) is 11.5 Å². The molecule has 0 radical (unpaired) electrons. The predicted molar refractivity (Wildman–Crippen MR) is 79.1 cm³/mol. The molecule has 0 unspecified atom stereocenters. The molecule has 2 aliphatic rings. The Kier molecular flexibility index (Phi) is 5.97. The fourth-order valence-electron chi connectivity index (χ4n) is 2.30. The zero-order valence-electron chi connectivity index (χ0n) is 11.7. The van der Waals surface area contributed by atoms with Crippen molar-refractivity contribution in [1.29, 1.82) is 0 Å². The molecule has 114 valence electrons. The summed E-state index contributed by atoms with van der Waals surface area (Å²) >= 11 is 1.97. The van der Waals surface area contributed by atoms with Crippen LogP contribution in [-0.2, 0) is 4.79 Å². The number of carboxylic acids is 1. The molecule has 2 rings (SSSR count). The molecule has 0 aromatic rings. The van der Waals surface area contributed by atoms with Crippen LogP contribution in [0.1, 0.15) is 19.3 Å². The van der Waals surface area contributed by atoms with Gasteiger partial charge in [-0.1, -0.05) is 0 Å². The maximum absolute atomic E-state index is 12.1. The highest BCUT2D eigenvalue weighted by Crippen LogP contribution is 2.26. The first kappa shape index (κ1) is 15.4. The summed E-state index contributed by atoms with van der Waals surface area (Å²) < 4.78 is 0. The van der Waals surface area contributed by atoms with Crippen LogP contribution < -0.4 is 5.32 Å². The molecule has 1 saturated carbocycles. The van der Waals surface area contributed by atoms with Gasteiger partial charge in [0.05, 0.1) is 6.42 Å². The molecule has 7 heteroatoms. The minimum absolute atomic E-state index is 0.0211. The lowest BCUT2D eigenvalue weighted by atomic mass is 10.4. The number of carbonyl (C=O) groups is 2. The Morgan fingerprint density at radius 3 is 2.60 bits per heavy atom. The number of hydrogen-bond donors (Lipinski definition) is 2. The van der Waals surface area contributed by atoms with Crippen LogP contribution in [0.25, 0.3) is 0 Å². The van der Waals surface area contributed by atoms with Gasteiger partial charge in [-0.15, -0.1) is 0 Å². The summed E-state index contributed by atoms with van der Waals surface area (Å²) in [6, 6.07) is 0.140. The smallest absolute Gasteiger partial charge is 0.317 e. The van der Waals surface area contributed by atoms with Gasteiger partial charge in [-0.25, -0.2) is 4.79 Å². The Morgan fingerprint density at radius 1 is 1.30 bits per heavy atom. The zero-order valence-corrected chi connectivity index (χ0v) is 12.5. The lowest BCUT2D eigenvalue weighted by Crippen LogP contribution is -2.45. The average Bonchev–Trinajstić information content (AvgIpc) is 3.24. The van der Waals surface area contributed by atoms with Crippen molar-refractivity contribution in [3.05, 3.63) is 0 Å². The summed E-state index contributed by atoms with van der Waals surface area (Å²) in [5.41, 5.74) is 0. The third kappa shape index (κ3) is 5.20. The Hall–Kier alpha value is -0.950. The highest BCUT2D eigenvalue weighted by molar-refractivity contribution is 7.99. The first-order valence-electron chi connectivity index (χ1n) is 7.23. The first-order valence-corrected chi connectivity index (χ1v) is 8.38. The number of nitrogens with one attached hydrogen (secondary N) is 1. The van der Waals surface area contributed by atoms with Crippen molar-refractivity contribution in [1.82, 2.24) is 15.1 Å². The van der Waals surface area contributed by atoms with Crippen molar-refractivity contribution in [3.63, 3.8) is 0 Å². The molecular formula is C13H23N3O3S. The second kappa shape index (κ2) is 7.73. The van der Waals surface area contributed by atoms with Gasteiger partial charge in [0, 0.05) is 50.3 Å². The van der Waals surface area contributed by atoms with Crippen molar-refractivity contribution in [2.24, 2.45) is 0 Å². The van der Waals surface area contributed by atoms with Crippen LogP contribution in [0.15, 0.2) is 0 Å². The van der Waals surface area contributed by atoms with Gasteiger partial charge < -0.3 is 15.3 Å². The van der Waals surface area contributed by atoms with Crippen LogP contribution >= 0.6 is 11.8 Å². The Balaban J connectivity index is 1.66. The van der Waals surface area contributed by atoms with Crippen LogP contribution in [0.2, 0.25) is 0 Å². The van der Waals surface area contributed by atoms with E-state index in [0.717, 1.165) is 32.5 Å². The van der Waals surface area contributed by atoms with Crippen molar-refractivity contribution < 1.29 is 14.7 Å². The van der Waals surface area contributed by atoms with E-state index in [-0.39, 0.29) is 18.5 Å². The molecule has 2 N–H and O–H groups in total. The zero-order chi connectivity index (χ0) is 14.4. The van der Waals surface area contributed by atoms with Crippen molar-refractivity contribution in [2.75, 3.05) is 44.2 Å². The number of rotatable bonds is 7. The third-order valence-electron chi connectivity index (χ3n) is 3.62. The van der Waals surface area contributed by atoms with E-state index in [1.807, 2.05) is 11.8 Å². The molecule has 20 heavy (non-hydrogen) atoms. The first-order chi connectivity index (χ1) is 9.66. The molecule has 0 aromatic heterocycles. The van der Waals surface area contributed by atoms with Gasteiger partial charge >= 0.3 is 12.0 Å². The molecule has 1 aliphatic carbocycles. The molecule has 1 saturated heterocycles. The van der Waals surface area contributed by atoms with E-state index in [2.05, 4.69) is 10.2 Å². The van der Waals surface area contributed by atoms with Crippen molar-refractivity contribution in [3.8, 4) is 0 Å². The van der Waals surface area contributed by atoms with Crippen LogP contribution in [0.5, 0.6) is 0 Å². The Morgan fingerprint density at radius 2 is 2.00 bits per heavy atom. The average molecular weight is 301 g/mol. The van der Waals surface area contributed by atoms with Crippen LogP contribution in [0.4, 0.5) is 4.79 Å². The minimum Gasteiger partial charge on any atom is -0.481 e. The van der Waals surface area contributed by atoms with E-state index in [4.69, 9.17) is 5.11 Å². The SMILES string of the molecule is O=C(O)CCN(C(=O)NCCN1CCSCC1)C1CC1. The van der Waals surface area contributed by atoms with Gasteiger partial charge in [0.1, 0.15) is 0 Å². The van der Waals surface area contributed by atoms with Crippen molar-refractivity contribution >= 4 is 23.8 Å². The molecule has 0 spiro atoms. The van der Waals surface area contributed by atoms with Crippen LogP contribution in [0, 0.1) is 0 Å². The number of carboxylic acid groups (broad SMARTS) is 1. The number of thioether (sulfide) groups is 1. The normalized spacial score (nSPS) is 19.6. The lowest BCUT2D eigenvalue weighted by molar-refractivity contribution is -0.137. The molecule has 0 bridgehead atoms. The highest BCUT2D eigenvalue weighted by Gasteiger charge is 2.32. The van der Waals surface area contributed by atoms with Gasteiger partial charge in [0.2, 0.25) is 0 Å². The highest BCUT2D eigenvalue weighted by atomic mass is 32.2. The molecular weight excluding hydrogens is 278 g/mol. The fourth-order valence-corrected chi connectivity index (χ4v) is 3.28. The largest absolute Gasteiger partial charge is 0.481 e. The second-order valence-electron chi connectivity index (χ2n) is 5.25. The minimum atomic E-state index is -0.853. The number of nitrogens with zero attached hydrogens (tertiary/aromatic N) is 2. The molecule has 2 amide bonds. The van der Waals surface area contributed by atoms with Gasteiger partial charge in [0.15, 0.2) is 0 Å². The van der Waals surface area contributed by atoms with Crippen LogP contribution in [0.3, 0.4) is 0 Å². The monoisotopic (exact) mass is 301 g/mol. The number of carbonyl (C=O) groups excluding carboxylic acids is 1. The molecule has 0 aromatic carbocycles. The third-order valence-corrected chi connectivity index (χ3v) is 4.57. The number of urea groups is 1. The second-order valence-corrected chi connectivity index (χ2v) is 6.48. The quantitative estimate of drug-likeness (QED) is 0.723. The fraction of sp³-hybridized carbons (Fsp3) is 0.846. The summed E-state index contributed by atoms with van der Waals surface area (Å²) in [6.07, 6.45) is 2.01. The summed E-state index contributed by atoms with van der Waals surface area (Å²) in [5, 5.41) is 11.6. The lowest BCUT2D eigenvalue weighted by Gasteiger charge is -2.27. The van der Waals surface area contributed by atoms with E-state index in [9.17, 15) is 9.59 Å². The number of hydrogen-bond acceptors (Lipinski definition) is 4. The van der Waals surface area contributed by atoms with E-state index in [0.29, 0.717) is 13.1 Å². The Bertz CT molecular complexity index is 344. The molecule has 6 nitrogen and oxygen atoms in total. The molecule has 1 heterocycles. The maximum Gasteiger partial charge on any atom is 0.317 e.